The minimum absolute atomic E-state index is 0.113. The smallest absolute Gasteiger partial charge is 0.378 e. The topological polar surface area (TPSA) is 89.6 Å². The lowest BCUT2D eigenvalue weighted by Gasteiger charge is -2.00. The second kappa shape index (κ2) is 5.70. The van der Waals surface area contributed by atoms with Gasteiger partial charge in [0.25, 0.3) is 5.76 Å². The van der Waals surface area contributed by atoms with Crippen LogP contribution in [-0.2, 0) is 4.74 Å². The number of aromatic nitrogens is 1. The molecular weight excluding hydrogens is 226 g/mol. The van der Waals surface area contributed by atoms with Gasteiger partial charge in [-0.3, -0.25) is 0 Å². The van der Waals surface area contributed by atoms with E-state index < -0.39 is 17.7 Å². The van der Waals surface area contributed by atoms with Gasteiger partial charge >= 0.3 is 11.9 Å². The summed E-state index contributed by atoms with van der Waals surface area (Å²) in [6.45, 7) is 1.55. The number of carbonyl (C=O) groups excluding carboxylic acids is 1. The van der Waals surface area contributed by atoms with E-state index in [0.29, 0.717) is 12.8 Å². The largest absolute Gasteiger partial charge is 0.477 e. The molecular formula is C11H11NO5. The van der Waals surface area contributed by atoms with Crippen molar-refractivity contribution in [2.45, 2.75) is 19.8 Å². The molecule has 17 heavy (non-hydrogen) atoms. The normalized spacial score (nSPS) is 9.65. The van der Waals surface area contributed by atoms with Crippen LogP contribution in [0, 0.1) is 19.3 Å². The fourth-order valence-electron chi connectivity index (χ4n) is 1.17. The summed E-state index contributed by atoms with van der Waals surface area (Å²) in [4.78, 5) is 22.3. The first kappa shape index (κ1) is 12.8. The van der Waals surface area contributed by atoms with E-state index in [1.54, 1.807) is 0 Å². The Kier molecular flexibility index (Phi) is 4.29. The quantitative estimate of drug-likeness (QED) is 0.471. The van der Waals surface area contributed by atoms with E-state index in [4.69, 9.17) is 16.3 Å². The molecule has 0 radical (unpaired) electrons. The molecule has 0 saturated carbocycles. The van der Waals surface area contributed by atoms with E-state index in [-0.39, 0.29) is 17.9 Å². The van der Waals surface area contributed by atoms with Crippen molar-refractivity contribution in [2.24, 2.45) is 0 Å². The molecule has 0 unspecified atom stereocenters. The van der Waals surface area contributed by atoms with Crippen molar-refractivity contribution < 1.29 is 24.0 Å². The zero-order chi connectivity index (χ0) is 12.8. The lowest BCUT2D eigenvalue weighted by Crippen LogP contribution is -2.11. The Bertz CT molecular complexity index is 469. The van der Waals surface area contributed by atoms with Gasteiger partial charge in [-0.2, -0.15) is 0 Å². The number of aryl methyl sites for hydroxylation is 1. The maximum atomic E-state index is 11.5. The van der Waals surface area contributed by atoms with Crippen LogP contribution >= 0.6 is 0 Å². The van der Waals surface area contributed by atoms with Crippen molar-refractivity contribution in [3.05, 3.63) is 17.0 Å². The van der Waals surface area contributed by atoms with Crippen LogP contribution < -0.4 is 0 Å². The first-order chi connectivity index (χ1) is 8.07. The van der Waals surface area contributed by atoms with E-state index in [0.717, 1.165) is 0 Å². The molecule has 90 valence electrons. The Balaban J connectivity index is 2.70. The standard InChI is InChI=1S/C11H11NO5/c1-3-4-5-6-16-11(15)9-8(10(13)14)7(2)12-17-9/h1H,4-6H2,2H3,(H,13,14). The number of esters is 1. The van der Waals surface area contributed by atoms with Crippen molar-refractivity contribution in [1.29, 1.82) is 0 Å². The highest BCUT2D eigenvalue weighted by Crippen LogP contribution is 2.14. The molecule has 1 aromatic rings. The van der Waals surface area contributed by atoms with Gasteiger partial charge in [-0.05, 0) is 13.3 Å². The van der Waals surface area contributed by atoms with Crippen LogP contribution in [0.3, 0.4) is 0 Å². The third-order valence-electron chi connectivity index (χ3n) is 1.96. The van der Waals surface area contributed by atoms with Crippen molar-refractivity contribution in [1.82, 2.24) is 5.16 Å². The van der Waals surface area contributed by atoms with Gasteiger partial charge in [-0.1, -0.05) is 5.16 Å². The van der Waals surface area contributed by atoms with Crippen LogP contribution in [0.1, 0.15) is 39.4 Å². The highest BCUT2D eigenvalue weighted by Gasteiger charge is 2.26. The van der Waals surface area contributed by atoms with Crippen molar-refractivity contribution in [2.75, 3.05) is 6.61 Å². The molecule has 1 rings (SSSR count). The van der Waals surface area contributed by atoms with Crippen LogP contribution in [-0.4, -0.2) is 28.8 Å². The predicted octanol–water partition coefficient (Wildman–Crippen LogP) is 1.25. The first-order valence-electron chi connectivity index (χ1n) is 4.88. The van der Waals surface area contributed by atoms with Crippen LogP contribution in [0.15, 0.2) is 4.52 Å². The third-order valence-corrected chi connectivity index (χ3v) is 1.96. The summed E-state index contributed by atoms with van der Waals surface area (Å²) in [7, 11) is 0. The zero-order valence-corrected chi connectivity index (χ0v) is 9.23. The van der Waals surface area contributed by atoms with Gasteiger partial charge in [-0.25, -0.2) is 9.59 Å². The number of nitrogens with zero attached hydrogens (tertiary/aromatic N) is 1. The Morgan fingerprint density at radius 1 is 1.59 bits per heavy atom. The summed E-state index contributed by atoms with van der Waals surface area (Å²) in [5.74, 6) is -0.125. The number of aromatic carboxylic acids is 1. The average molecular weight is 237 g/mol. The summed E-state index contributed by atoms with van der Waals surface area (Å²) < 4.78 is 9.43. The van der Waals surface area contributed by atoms with Crippen LogP contribution in [0.2, 0.25) is 0 Å². The highest BCUT2D eigenvalue weighted by atomic mass is 16.6. The number of carbonyl (C=O) groups is 2. The highest BCUT2D eigenvalue weighted by molar-refractivity contribution is 6.01. The molecule has 1 N–H and O–H groups in total. The van der Waals surface area contributed by atoms with Gasteiger partial charge in [0.05, 0.1) is 12.3 Å². The number of hydrogen-bond donors (Lipinski definition) is 1. The van der Waals surface area contributed by atoms with E-state index in [2.05, 4.69) is 15.6 Å². The Labute approximate surface area is 97.5 Å². The molecule has 0 aliphatic rings. The van der Waals surface area contributed by atoms with Gasteiger partial charge in [0.1, 0.15) is 5.56 Å². The second-order valence-corrected chi connectivity index (χ2v) is 3.22. The maximum absolute atomic E-state index is 11.5. The minimum atomic E-state index is -1.28. The van der Waals surface area contributed by atoms with Crippen LogP contribution in [0.4, 0.5) is 0 Å². The van der Waals surface area contributed by atoms with Crippen molar-refractivity contribution >= 4 is 11.9 Å². The molecule has 6 nitrogen and oxygen atoms in total. The SMILES string of the molecule is C#CCCCOC(=O)c1onc(C)c1C(=O)O. The van der Waals surface area contributed by atoms with Crippen molar-refractivity contribution in [3.8, 4) is 12.3 Å². The number of terminal acetylenes is 1. The van der Waals surface area contributed by atoms with Gasteiger partial charge in [0, 0.05) is 6.42 Å². The van der Waals surface area contributed by atoms with E-state index in [1.807, 2.05) is 0 Å². The summed E-state index contributed by atoms with van der Waals surface area (Å²) in [6.07, 6.45) is 6.02. The molecule has 0 fully saturated rings. The fraction of sp³-hybridized carbons (Fsp3) is 0.364. The summed E-state index contributed by atoms with van der Waals surface area (Å²) >= 11 is 0. The number of unbranched alkanes of at least 4 members (excludes halogenated alkanes) is 1. The van der Waals surface area contributed by atoms with Gasteiger partial charge < -0.3 is 14.4 Å². The summed E-state index contributed by atoms with van der Waals surface area (Å²) in [6, 6.07) is 0. The molecule has 0 spiro atoms. The number of carboxylic acid groups (broad SMARTS) is 1. The first-order valence-corrected chi connectivity index (χ1v) is 4.88. The Hall–Kier alpha value is -2.29. The number of carboxylic acids is 1. The van der Waals surface area contributed by atoms with Crippen LogP contribution in [0.5, 0.6) is 0 Å². The van der Waals surface area contributed by atoms with Gasteiger partial charge in [0.2, 0.25) is 0 Å². The van der Waals surface area contributed by atoms with Gasteiger partial charge in [0.15, 0.2) is 0 Å². The lowest BCUT2D eigenvalue weighted by molar-refractivity contribution is 0.0444. The molecule has 0 aromatic carbocycles. The molecule has 0 aliphatic heterocycles. The Morgan fingerprint density at radius 2 is 2.29 bits per heavy atom. The monoisotopic (exact) mass is 237 g/mol. The number of ether oxygens (including phenoxy) is 1. The number of hydrogen-bond acceptors (Lipinski definition) is 5. The minimum Gasteiger partial charge on any atom is -0.477 e. The van der Waals surface area contributed by atoms with Gasteiger partial charge in [-0.15, -0.1) is 12.3 Å². The van der Waals surface area contributed by atoms with Crippen molar-refractivity contribution in [3.63, 3.8) is 0 Å². The fourth-order valence-corrected chi connectivity index (χ4v) is 1.17. The molecule has 6 heteroatoms. The Morgan fingerprint density at radius 3 is 2.88 bits per heavy atom. The molecule has 0 aliphatic carbocycles. The summed E-state index contributed by atoms with van der Waals surface area (Å²) in [5, 5.41) is 12.3. The third kappa shape index (κ3) is 3.08. The van der Waals surface area contributed by atoms with E-state index in [1.165, 1.54) is 6.92 Å². The van der Waals surface area contributed by atoms with E-state index in [9.17, 15) is 9.59 Å². The number of rotatable bonds is 5. The lowest BCUT2D eigenvalue weighted by atomic mass is 10.2. The summed E-state index contributed by atoms with van der Waals surface area (Å²) in [5.41, 5.74) is -0.139. The maximum Gasteiger partial charge on any atom is 0.378 e. The molecule has 1 heterocycles. The zero-order valence-electron chi connectivity index (χ0n) is 9.23. The molecule has 0 saturated heterocycles. The molecule has 0 bridgehead atoms. The molecule has 0 amide bonds. The van der Waals surface area contributed by atoms with E-state index >= 15 is 0 Å². The van der Waals surface area contributed by atoms with Crippen LogP contribution in [0.25, 0.3) is 0 Å². The predicted molar refractivity (Wildman–Crippen MR) is 56.5 cm³/mol. The molecule has 1 aromatic heterocycles. The molecule has 0 atom stereocenters. The second-order valence-electron chi connectivity index (χ2n) is 3.22. The average Bonchev–Trinajstić information content (AvgIpc) is 2.66.